The van der Waals surface area contributed by atoms with Gasteiger partial charge < -0.3 is 9.31 Å². The van der Waals surface area contributed by atoms with Crippen molar-refractivity contribution in [1.29, 1.82) is 0 Å². The maximum atomic E-state index is 6.49. The van der Waals surface area contributed by atoms with Crippen LogP contribution in [0.25, 0.3) is 0 Å². The molecule has 1 aliphatic heterocycles. The molecule has 0 radical (unpaired) electrons. The fourth-order valence-electron chi connectivity index (χ4n) is 4.25. The highest BCUT2D eigenvalue weighted by atomic mass is 35.5. The summed E-state index contributed by atoms with van der Waals surface area (Å²) in [6.07, 6.45) is 9.42. The number of hydrogen-bond donors (Lipinski definition) is 0. The second kappa shape index (κ2) is 5.87. The minimum Gasteiger partial charge on any atom is -0.403 e. The van der Waals surface area contributed by atoms with Gasteiger partial charge in [-0.2, -0.15) is 0 Å². The molecule has 25 heavy (non-hydrogen) atoms. The first-order valence-corrected chi connectivity index (χ1v) is 9.89. The Labute approximate surface area is 157 Å². The van der Waals surface area contributed by atoms with Crippen molar-refractivity contribution in [2.24, 2.45) is 11.8 Å². The van der Waals surface area contributed by atoms with Gasteiger partial charge in [-0.3, -0.25) is 0 Å². The Hall–Kier alpha value is -0.765. The molecule has 1 saturated carbocycles. The molecule has 4 heteroatoms. The van der Waals surface area contributed by atoms with Crippen LogP contribution in [0.3, 0.4) is 0 Å². The van der Waals surface area contributed by atoms with E-state index in [1.54, 1.807) is 0 Å². The summed E-state index contributed by atoms with van der Waals surface area (Å²) in [5.74, 6) is 1.34. The van der Waals surface area contributed by atoms with E-state index in [4.69, 9.17) is 20.9 Å². The Morgan fingerprint density at radius 2 is 1.64 bits per heavy atom. The molecule has 1 saturated heterocycles. The molecule has 2 fully saturated rings. The average Bonchev–Trinajstić information content (AvgIpc) is 3.27. The lowest BCUT2D eigenvalue weighted by Crippen LogP contribution is -2.44. The van der Waals surface area contributed by atoms with Crippen LogP contribution in [0.4, 0.5) is 0 Å². The molecule has 0 N–H and O–H groups in total. The standard InChI is InChI=1S/C21H28BClO2/c1-19(2)20(3,4)25-22(24-19)21(12-5-13-21)18(16-8-9-16)14-15-6-10-17(23)11-7-15/h5-7,10-12,16,18H,8-9,13-14H2,1-4H3/t18-,21+/m1/s1. The molecule has 4 rings (SSSR count). The molecule has 2 aliphatic carbocycles. The van der Waals surface area contributed by atoms with Crippen LogP contribution in [0.2, 0.25) is 10.3 Å². The van der Waals surface area contributed by atoms with Gasteiger partial charge in [0, 0.05) is 10.3 Å². The monoisotopic (exact) mass is 358 g/mol. The fraction of sp³-hybridized carbons (Fsp3) is 0.619. The molecule has 0 bridgehead atoms. The Balaban J connectivity index is 1.61. The van der Waals surface area contributed by atoms with Gasteiger partial charge in [-0.05, 0) is 82.9 Å². The van der Waals surface area contributed by atoms with Crippen LogP contribution in [0.1, 0.15) is 52.5 Å². The number of halogens is 1. The van der Waals surface area contributed by atoms with Crippen molar-refractivity contribution >= 4 is 18.7 Å². The van der Waals surface area contributed by atoms with Crippen molar-refractivity contribution in [3.05, 3.63) is 47.0 Å². The smallest absolute Gasteiger partial charge is 0.403 e. The second-order valence-corrected chi connectivity index (χ2v) is 9.52. The molecule has 0 spiro atoms. The van der Waals surface area contributed by atoms with Crippen molar-refractivity contribution in [1.82, 2.24) is 0 Å². The number of benzene rings is 1. The minimum atomic E-state index is -0.275. The zero-order valence-electron chi connectivity index (χ0n) is 15.7. The molecule has 3 aliphatic rings. The lowest BCUT2D eigenvalue weighted by atomic mass is 9.44. The van der Waals surface area contributed by atoms with E-state index in [9.17, 15) is 0 Å². The maximum Gasteiger partial charge on any atom is 0.469 e. The van der Waals surface area contributed by atoms with E-state index in [0.717, 1.165) is 23.8 Å². The second-order valence-electron chi connectivity index (χ2n) is 9.08. The van der Waals surface area contributed by atoms with Gasteiger partial charge in [0.1, 0.15) is 0 Å². The first kappa shape index (κ1) is 17.6. The summed E-state index contributed by atoms with van der Waals surface area (Å²) in [7, 11) is -0.152. The van der Waals surface area contributed by atoms with Crippen molar-refractivity contribution < 1.29 is 9.31 Å². The third kappa shape index (κ3) is 2.99. The first-order chi connectivity index (χ1) is 11.7. The summed E-state index contributed by atoms with van der Waals surface area (Å²) in [5, 5.41) is 0.808. The fourth-order valence-corrected chi connectivity index (χ4v) is 4.37. The topological polar surface area (TPSA) is 18.5 Å². The zero-order valence-corrected chi connectivity index (χ0v) is 16.5. The molecular formula is C21H28BClO2. The predicted octanol–water partition coefficient (Wildman–Crippen LogP) is 5.70. The van der Waals surface area contributed by atoms with Gasteiger partial charge in [0.25, 0.3) is 0 Å². The van der Waals surface area contributed by atoms with Crippen LogP contribution in [0.15, 0.2) is 36.4 Å². The van der Waals surface area contributed by atoms with Crippen molar-refractivity contribution in [2.75, 3.05) is 0 Å². The van der Waals surface area contributed by atoms with Crippen molar-refractivity contribution in [3.8, 4) is 0 Å². The summed E-state index contributed by atoms with van der Waals surface area (Å²) >= 11 is 6.07. The number of hydrogen-bond acceptors (Lipinski definition) is 2. The lowest BCUT2D eigenvalue weighted by Gasteiger charge is -2.44. The molecule has 1 aromatic carbocycles. The Bertz CT molecular complexity index is 662. The molecule has 2 atom stereocenters. The van der Waals surface area contributed by atoms with Gasteiger partial charge in [-0.1, -0.05) is 35.9 Å². The van der Waals surface area contributed by atoms with Crippen LogP contribution in [0.5, 0.6) is 0 Å². The van der Waals surface area contributed by atoms with Crippen LogP contribution in [0, 0.1) is 11.8 Å². The van der Waals surface area contributed by atoms with Gasteiger partial charge >= 0.3 is 7.12 Å². The van der Waals surface area contributed by atoms with Gasteiger partial charge in [-0.25, -0.2) is 0 Å². The van der Waals surface area contributed by atoms with E-state index in [1.165, 1.54) is 18.4 Å². The highest BCUT2D eigenvalue weighted by Crippen LogP contribution is 2.62. The van der Waals surface area contributed by atoms with E-state index in [0.29, 0.717) is 5.92 Å². The summed E-state index contributed by atoms with van der Waals surface area (Å²) < 4.78 is 13.0. The lowest BCUT2D eigenvalue weighted by molar-refractivity contribution is 0.00578. The minimum absolute atomic E-state index is 0.00580. The normalized spacial score (nSPS) is 31.0. The molecule has 1 heterocycles. The van der Waals surface area contributed by atoms with Crippen LogP contribution in [-0.4, -0.2) is 18.3 Å². The van der Waals surface area contributed by atoms with Crippen LogP contribution >= 0.6 is 11.6 Å². The van der Waals surface area contributed by atoms with Crippen molar-refractivity contribution in [2.45, 2.75) is 69.9 Å². The quantitative estimate of drug-likeness (QED) is 0.496. The van der Waals surface area contributed by atoms with E-state index in [1.807, 2.05) is 12.1 Å². The van der Waals surface area contributed by atoms with E-state index in [2.05, 4.69) is 52.0 Å². The molecular weight excluding hydrogens is 330 g/mol. The van der Waals surface area contributed by atoms with Gasteiger partial charge in [-0.15, -0.1) is 0 Å². The highest BCUT2D eigenvalue weighted by molar-refractivity contribution is 6.51. The molecule has 134 valence electrons. The summed E-state index contributed by atoms with van der Waals surface area (Å²) in [5.41, 5.74) is 0.808. The molecule has 1 aromatic rings. The summed E-state index contributed by atoms with van der Waals surface area (Å²) in [6.45, 7) is 8.59. The third-order valence-electron chi connectivity index (χ3n) is 6.84. The first-order valence-electron chi connectivity index (χ1n) is 9.51. The SMILES string of the molecule is CC1(C)OB([C@@]2([C@H](Cc3ccc(Cl)cc3)C3CC3)C=CC2)OC1(C)C. The van der Waals surface area contributed by atoms with E-state index < -0.39 is 0 Å². The Kier molecular flexibility index (Phi) is 4.14. The van der Waals surface area contributed by atoms with E-state index in [-0.39, 0.29) is 23.6 Å². The van der Waals surface area contributed by atoms with Gasteiger partial charge in [0.05, 0.1) is 11.2 Å². The van der Waals surface area contributed by atoms with Gasteiger partial charge in [0.2, 0.25) is 0 Å². The van der Waals surface area contributed by atoms with Gasteiger partial charge in [0.15, 0.2) is 0 Å². The zero-order chi connectivity index (χ0) is 17.9. The molecule has 2 nitrogen and oxygen atoms in total. The predicted molar refractivity (Wildman–Crippen MR) is 104 cm³/mol. The average molecular weight is 359 g/mol. The molecule has 0 aromatic heterocycles. The largest absolute Gasteiger partial charge is 0.469 e. The third-order valence-corrected chi connectivity index (χ3v) is 7.09. The number of rotatable bonds is 5. The summed E-state index contributed by atoms with van der Waals surface area (Å²) in [6, 6.07) is 8.33. The maximum absolute atomic E-state index is 6.49. The van der Waals surface area contributed by atoms with Crippen LogP contribution in [-0.2, 0) is 15.7 Å². The van der Waals surface area contributed by atoms with Crippen LogP contribution < -0.4 is 0 Å². The Morgan fingerprint density at radius 1 is 1.08 bits per heavy atom. The molecule has 0 unspecified atom stereocenters. The van der Waals surface area contributed by atoms with Crippen molar-refractivity contribution in [3.63, 3.8) is 0 Å². The highest BCUT2D eigenvalue weighted by Gasteiger charge is 2.63. The Morgan fingerprint density at radius 3 is 2.08 bits per heavy atom. The molecule has 0 amide bonds. The van der Waals surface area contributed by atoms with E-state index >= 15 is 0 Å². The number of allylic oxidation sites excluding steroid dienone is 2. The summed E-state index contributed by atoms with van der Waals surface area (Å²) in [4.78, 5) is 0.